The predicted molar refractivity (Wildman–Crippen MR) is 46.2 cm³/mol. The number of nitrogens with one attached hydrogen (secondary N) is 1. The molecular weight excluding hydrogens is 197 g/mol. The minimum atomic E-state index is -5.08. The van der Waals surface area contributed by atoms with Crippen molar-refractivity contribution in [3.8, 4) is 0 Å². The predicted octanol–water partition coefficient (Wildman–Crippen LogP) is -1.66. The zero-order chi connectivity index (χ0) is 9.71. The second-order valence-corrected chi connectivity index (χ2v) is 5.43. The molecular formula is C5H6N3O4P. The molecule has 0 amide bonds. The molecule has 1 aliphatic rings. The van der Waals surface area contributed by atoms with Crippen molar-refractivity contribution < 1.29 is 14.7 Å². The molecule has 2 heterocycles. The molecule has 0 atom stereocenters. The van der Waals surface area contributed by atoms with Gasteiger partial charge in [0.1, 0.15) is 0 Å². The Morgan fingerprint density at radius 1 is 1.38 bits per heavy atom. The summed E-state index contributed by atoms with van der Waals surface area (Å²) in [5.74, 6) is 0.568. The van der Waals surface area contributed by atoms with Gasteiger partial charge in [-0.05, 0) is 0 Å². The Kier molecular flexibility index (Phi) is 1.31. The van der Waals surface area contributed by atoms with E-state index in [9.17, 15) is 19.5 Å². The van der Waals surface area contributed by atoms with Gasteiger partial charge in [0.05, 0.1) is 0 Å². The normalized spacial score (nSPS) is 24.7. The summed E-state index contributed by atoms with van der Waals surface area (Å²) in [4.78, 5) is 48.0. The molecule has 0 saturated heterocycles. The van der Waals surface area contributed by atoms with Gasteiger partial charge < -0.3 is 0 Å². The van der Waals surface area contributed by atoms with E-state index in [4.69, 9.17) is 0 Å². The number of nitrogens with zero attached hydrogens (tertiary/aromatic N) is 2. The molecule has 13 heavy (non-hydrogen) atoms. The summed E-state index contributed by atoms with van der Waals surface area (Å²) in [6.07, 6.45) is 0.972. The second kappa shape index (κ2) is 2.02. The summed E-state index contributed by atoms with van der Waals surface area (Å²) < 4.78 is 0. The van der Waals surface area contributed by atoms with Crippen LogP contribution in [0.1, 0.15) is 0 Å². The van der Waals surface area contributed by atoms with Crippen LogP contribution < -0.4 is 11.0 Å². The first-order valence-corrected chi connectivity index (χ1v) is 5.45. The monoisotopic (exact) mass is 203 g/mol. The van der Waals surface area contributed by atoms with Gasteiger partial charge in [0, 0.05) is 0 Å². The number of rotatable bonds is 0. The maximum absolute atomic E-state index is 11.0. The van der Waals surface area contributed by atoms with Crippen molar-refractivity contribution in [3.05, 3.63) is 16.7 Å². The third-order valence-electron chi connectivity index (χ3n) is 1.62. The first kappa shape index (κ1) is 8.46. The van der Waals surface area contributed by atoms with E-state index in [1.165, 1.54) is 0 Å². The van der Waals surface area contributed by atoms with E-state index in [0.29, 0.717) is 5.96 Å². The second-order valence-electron chi connectivity index (χ2n) is 2.69. The average molecular weight is 203 g/mol. The van der Waals surface area contributed by atoms with Crippen LogP contribution in [-0.2, 0) is 0 Å². The van der Waals surface area contributed by atoms with Crippen LogP contribution in [0, 0.1) is 0 Å². The molecule has 4 N–H and O–H groups in total. The summed E-state index contributed by atoms with van der Waals surface area (Å²) in [7, 11) is -5.08. The molecule has 70 valence electrons. The van der Waals surface area contributed by atoms with Gasteiger partial charge in [-0.1, -0.05) is 0 Å². The van der Waals surface area contributed by atoms with Crippen LogP contribution in [0.25, 0.3) is 0 Å². The van der Waals surface area contributed by atoms with Gasteiger partial charge >= 0.3 is 70.7 Å². The fourth-order valence-electron chi connectivity index (χ4n) is 1.03. The molecule has 1 aliphatic heterocycles. The van der Waals surface area contributed by atoms with Gasteiger partial charge in [0.25, 0.3) is 0 Å². The fraction of sp³-hybridized carbons (Fsp3) is 0. The van der Waals surface area contributed by atoms with Gasteiger partial charge in [-0.25, -0.2) is 0 Å². The molecule has 8 heteroatoms. The molecule has 0 saturated carbocycles. The fourth-order valence-corrected chi connectivity index (χ4v) is 2.31. The maximum atomic E-state index is 11.0. The molecule has 2 rings (SSSR count). The van der Waals surface area contributed by atoms with Crippen LogP contribution in [0.15, 0.2) is 16.1 Å². The van der Waals surface area contributed by atoms with Gasteiger partial charge in [-0.15, -0.1) is 0 Å². The first-order chi connectivity index (χ1) is 5.88. The number of fused-ring (bicyclic) bond motifs is 1. The van der Waals surface area contributed by atoms with Gasteiger partial charge in [0.2, 0.25) is 0 Å². The van der Waals surface area contributed by atoms with E-state index in [1.54, 1.807) is 0 Å². The van der Waals surface area contributed by atoms with E-state index in [2.05, 4.69) is 15.0 Å². The van der Waals surface area contributed by atoms with Crippen molar-refractivity contribution >= 4 is 24.4 Å². The van der Waals surface area contributed by atoms with E-state index in [-0.39, 0.29) is 5.69 Å². The Balaban J connectivity index is 2.84. The Labute approximate surface area is 71.6 Å². The third-order valence-corrected chi connectivity index (χ3v) is 3.30. The molecule has 7 nitrogen and oxygen atoms in total. The minimum absolute atomic E-state index is 0.257. The summed E-state index contributed by atoms with van der Waals surface area (Å²) in [5.41, 5.74) is -1.34. The molecule has 0 aliphatic carbocycles. The van der Waals surface area contributed by atoms with Crippen molar-refractivity contribution in [2.75, 3.05) is 0 Å². The summed E-state index contributed by atoms with van der Waals surface area (Å²) in [6, 6.07) is 0. The Morgan fingerprint density at radius 2 is 2.08 bits per heavy atom. The SMILES string of the molecule is O=c1[nH]cnc2c1N=CP2(O)(O)O. The van der Waals surface area contributed by atoms with Crippen LogP contribution >= 0.6 is 7.28 Å². The number of aromatic nitrogens is 2. The topological polar surface area (TPSA) is 119 Å². The molecule has 0 spiro atoms. The molecule has 0 aromatic carbocycles. The van der Waals surface area contributed by atoms with Crippen LogP contribution in [0.2, 0.25) is 0 Å². The van der Waals surface area contributed by atoms with Crippen LogP contribution in [0.3, 0.4) is 0 Å². The Bertz CT molecular complexity index is 457. The molecule has 0 radical (unpaired) electrons. The van der Waals surface area contributed by atoms with E-state index >= 15 is 0 Å². The molecule has 1 aromatic rings. The number of hydrogen-bond acceptors (Lipinski definition) is 6. The van der Waals surface area contributed by atoms with Gasteiger partial charge in [-0.2, -0.15) is 0 Å². The van der Waals surface area contributed by atoms with Crippen molar-refractivity contribution in [3.63, 3.8) is 0 Å². The zero-order valence-electron chi connectivity index (χ0n) is 6.25. The van der Waals surface area contributed by atoms with Crippen molar-refractivity contribution in [2.24, 2.45) is 4.99 Å². The average Bonchev–Trinajstić information content (AvgIpc) is 2.25. The van der Waals surface area contributed by atoms with Crippen LogP contribution in [-0.4, -0.2) is 30.6 Å². The number of aliphatic imine (C=N–C) groups is 1. The number of aromatic amines is 1. The standard InChI is InChI=1S/C5H6N3O4P/c9-4-3-5(7-1-6-4)13(10,11,12)2-8-3/h1-2,10-12H,(H,6,7,9). The van der Waals surface area contributed by atoms with Crippen molar-refractivity contribution in [2.45, 2.75) is 0 Å². The number of H-pyrrole nitrogens is 1. The van der Waals surface area contributed by atoms with E-state index < -0.39 is 18.3 Å². The first-order valence-electron chi connectivity index (χ1n) is 3.29. The van der Waals surface area contributed by atoms with Crippen LogP contribution in [0.4, 0.5) is 5.69 Å². The zero-order valence-corrected chi connectivity index (χ0v) is 7.14. The summed E-state index contributed by atoms with van der Waals surface area (Å²) in [5, 5.41) is 0. The molecule has 0 fully saturated rings. The molecule has 0 bridgehead atoms. The molecule has 1 aromatic heterocycles. The third kappa shape index (κ3) is 1.10. The summed E-state index contributed by atoms with van der Waals surface area (Å²) in [6.45, 7) is 0. The van der Waals surface area contributed by atoms with E-state index in [1.807, 2.05) is 0 Å². The van der Waals surface area contributed by atoms with Crippen molar-refractivity contribution in [1.82, 2.24) is 9.97 Å². The Morgan fingerprint density at radius 3 is 2.69 bits per heavy atom. The van der Waals surface area contributed by atoms with Crippen molar-refractivity contribution in [1.29, 1.82) is 0 Å². The van der Waals surface area contributed by atoms with Crippen LogP contribution in [0.5, 0.6) is 0 Å². The van der Waals surface area contributed by atoms with Gasteiger partial charge in [-0.3, -0.25) is 0 Å². The van der Waals surface area contributed by atoms with E-state index in [0.717, 1.165) is 6.33 Å². The molecule has 0 unspecified atom stereocenters. The quantitative estimate of drug-likeness (QED) is 0.376. The van der Waals surface area contributed by atoms with Gasteiger partial charge in [0.15, 0.2) is 0 Å². The number of hydrogen-bond donors (Lipinski definition) is 4. The Hall–Kier alpha value is -1.14. The summed E-state index contributed by atoms with van der Waals surface area (Å²) >= 11 is 0.